The van der Waals surface area contributed by atoms with Crippen molar-refractivity contribution in [1.29, 1.82) is 0 Å². The second kappa shape index (κ2) is 15.2. The zero-order valence-electron chi connectivity index (χ0n) is 19.3. The predicted molar refractivity (Wildman–Crippen MR) is 122 cm³/mol. The number of hydrogen-bond acceptors (Lipinski definition) is 3. The van der Waals surface area contributed by atoms with Gasteiger partial charge in [-0.25, -0.2) is 12.7 Å². The summed E-state index contributed by atoms with van der Waals surface area (Å²) in [5.41, 5.74) is 0. The smallest absolute Gasteiger partial charge is 0.220 e. The molecule has 6 heteroatoms. The normalized spacial score (nSPS) is 17.3. The summed E-state index contributed by atoms with van der Waals surface area (Å²) in [6.07, 6.45) is 17.6. The first-order valence-corrected chi connectivity index (χ1v) is 13.9. The lowest BCUT2D eigenvalue weighted by Crippen LogP contribution is -2.41. The van der Waals surface area contributed by atoms with Crippen molar-refractivity contribution >= 4 is 15.9 Å². The Bertz CT molecular complexity index is 528. The van der Waals surface area contributed by atoms with Gasteiger partial charge in [0, 0.05) is 26.1 Å². The minimum atomic E-state index is -3.07. The fraction of sp³-hybridized carbons (Fsp3) is 0.957. The van der Waals surface area contributed by atoms with E-state index in [9.17, 15) is 13.2 Å². The molecule has 1 N–H and O–H groups in total. The second-order valence-corrected chi connectivity index (χ2v) is 11.0. The average Bonchev–Trinajstić information content (AvgIpc) is 2.69. The number of nitrogens with zero attached hydrogens (tertiary/aromatic N) is 1. The first-order valence-electron chi connectivity index (χ1n) is 12.1. The van der Waals surface area contributed by atoms with Gasteiger partial charge in [0.2, 0.25) is 15.9 Å². The zero-order chi connectivity index (χ0) is 21.5. The summed E-state index contributed by atoms with van der Waals surface area (Å²) < 4.78 is 24.7. The number of sulfonamides is 1. The maximum Gasteiger partial charge on any atom is 0.220 e. The molecule has 1 atom stereocenters. The molecule has 1 rings (SSSR count). The van der Waals surface area contributed by atoms with Gasteiger partial charge in [-0.15, -0.1) is 0 Å². The number of hydrogen-bond donors (Lipinski definition) is 1. The molecule has 1 amide bonds. The number of rotatable bonds is 16. The van der Waals surface area contributed by atoms with Crippen molar-refractivity contribution in [3.63, 3.8) is 0 Å². The molecule has 0 spiro atoms. The quantitative estimate of drug-likeness (QED) is 0.346. The summed E-state index contributed by atoms with van der Waals surface area (Å²) >= 11 is 0. The number of nitrogens with one attached hydrogen (secondary N) is 1. The Morgan fingerprint density at radius 1 is 0.931 bits per heavy atom. The maximum atomic E-state index is 12.2. The highest BCUT2D eigenvalue weighted by atomic mass is 32.2. The van der Waals surface area contributed by atoms with E-state index in [0.29, 0.717) is 32.0 Å². The summed E-state index contributed by atoms with van der Waals surface area (Å²) in [6, 6.07) is 0. The van der Waals surface area contributed by atoms with Crippen molar-refractivity contribution in [3.05, 3.63) is 0 Å². The van der Waals surface area contributed by atoms with Gasteiger partial charge in [-0.1, -0.05) is 71.6 Å². The molecule has 0 saturated carbocycles. The Balaban J connectivity index is 2.17. The highest BCUT2D eigenvalue weighted by molar-refractivity contribution is 7.88. The van der Waals surface area contributed by atoms with Crippen LogP contribution >= 0.6 is 0 Å². The molecular weight excluding hydrogens is 384 g/mol. The summed E-state index contributed by atoms with van der Waals surface area (Å²) in [5, 5.41) is 3.08. The van der Waals surface area contributed by atoms with Gasteiger partial charge in [0.25, 0.3) is 0 Å². The van der Waals surface area contributed by atoms with Crippen LogP contribution in [0.15, 0.2) is 0 Å². The van der Waals surface area contributed by atoms with Crippen LogP contribution in [0.3, 0.4) is 0 Å². The van der Waals surface area contributed by atoms with Crippen LogP contribution in [0, 0.1) is 11.8 Å². The molecule has 0 radical (unpaired) electrons. The lowest BCUT2D eigenvalue weighted by Gasteiger charge is -2.30. The number of unbranched alkanes of at least 4 members (excludes halogenated alkanes) is 5. The maximum absolute atomic E-state index is 12.2. The molecule has 1 aliphatic heterocycles. The van der Waals surface area contributed by atoms with E-state index in [2.05, 4.69) is 19.2 Å². The van der Waals surface area contributed by atoms with Gasteiger partial charge in [-0.2, -0.15) is 0 Å². The summed E-state index contributed by atoms with van der Waals surface area (Å²) in [5.74, 6) is 1.34. The fourth-order valence-corrected chi connectivity index (χ4v) is 5.18. The van der Waals surface area contributed by atoms with Gasteiger partial charge < -0.3 is 5.32 Å². The molecule has 0 bridgehead atoms. The number of amides is 1. The molecule has 1 heterocycles. The molecule has 1 fully saturated rings. The van der Waals surface area contributed by atoms with E-state index in [0.717, 1.165) is 25.2 Å². The van der Waals surface area contributed by atoms with Gasteiger partial charge in [0.1, 0.15) is 0 Å². The third kappa shape index (κ3) is 12.6. The van der Waals surface area contributed by atoms with Crippen LogP contribution in [0.2, 0.25) is 0 Å². The standard InChI is InChI=1S/C23H46N2O3S/c1-4-6-8-9-10-13-21(12-7-5-2)14-11-15-23(26)24-20-22-16-18-25(19-17-22)29(3,27)28/h21-22H,4-20H2,1-3H3,(H,24,26). The Hall–Kier alpha value is -0.620. The molecule has 0 aromatic carbocycles. The van der Waals surface area contributed by atoms with E-state index >= 15 is 0 Å². The van der Waals surface area contributed by atoms with Gasteiger partial charge in [-0.05, 0) is 37.5 Å². The first-order chi connectivity index (χ1) is 13.9. The van der Waals surface area contributed by atoms with E-state index < -0.39 is 10.0 Å². The van der Waals surface area contributed by atoms with Gasteiger partial charge >= 0.3 is 0 Å². The second-order valence-electron chi connectivity index (χ2n) is 9.01. The van der Waals surface area contributed by atoms with Crippen molar-refractivity contribution in [2.75, 3.05) is 25.9 Å². The van der Waals surface area contributed by atoms with Gasteiger partial charge in [0.05, 0.1) is 6.26 Å². The lowest BCUT2D eigenvalue weighted by molar-refractivity contribution is -0.121. The SMILES string of the molecule is CCCCCCCC(CCCC)CCCC(=O)NCC1CCN(S(C)(=O)=O)CC1. The Labute approximate surface area is 180 Å². The highest BCUT2D eigenvalue weighted by Crippen LogP contribution is 2.23. The Morgan fingerprint density at radius 2 is 1.52 bits per heavy atom. The third-order valence-corrected chi connectivity index (χ3v) is 7.63. The number of carbonyl (C=O) groups is 1. The van der Waals surface area contributed by atoms with E-state index in [1.54, 1.807) is 4.31 Å². The van der Waals surface area contributed by atoms with Crippen molar-refractivity contribution in [2.24, 2.45) is 11.8 Å². The van der Waals surface area contributed by atoms with Crippen LogP contribution in [0.25, 0.3) is 0 Å². The molecule has 1 saturated heterocycles. The Morgan fingerprint density at radius 3 is 2.14 bits per heavy atom. The molecular formula is C23H46N2O3S. The number of piperidine rings is 1. The van der Waals surface area contributed by atoms with Crippen LogP contribution < -0.4 is 5.32 Å². The lowest BCUT2D eigenvalue weighted by atomic mass is 9.90. The van der Waals surface area contributed by atoms with Crippen molar-refractivity contribution < 1.29 is 13.2 Å². The highest BCUT2D eigenvalue weighted by Gasteiger charge is 2.24. The molecule has 0 aliphatic carbocycles. The largest absolute Gasteiger partial charge is 0.356 e. The molecule has 5 nitrogen and oxygen atoms in total. The first kappa shape index (κ1) is 26.4. The molecule has 0 aromatic rings. The van der Waals surface area contributed by atoms with E-state index in [1.807, 2.05) is 0 Å². The molecule has 1 unspecified atom stereocenters. The number of carbonyl (C=O) groups excluding carboxylic acids is 1. The van der Waals surface area contributed by atoms with Gasteiger partial charge in [0.15, 0.2) is 0 Å². The van der Waals surface area contributed by atoms with Crippen LogP contribution in [-0.4, -0.2) is 44.5 Å². The average molecular weight is 431 g/mol. The molecule has 0 aromatic heterocycles. The minimum absolute atomic E-state index is 0.160. The zero-order valence-corrected chi connectivity index (χ0v) is 20.1. The Kier molecular flexibility index (Phi) is 13.9. The van der Waals surface area contributed by atoms with E-state index in [4.69, 9.17) is 0 Å². The molecule has 1 aliphatic rings. The van der Waals surface area contributed by atoms with Crippen molar-refractivity contribution in [2.45, 2.75) is 104 Å². The summed E-state index contributed by atoms with van der Waals surface area (Å²) in [4.78, 5) is 12.2. The van der Waals surface area contributed by atoms with Crippen molar-refractivity contribution in [1.82, 2.24) is 9.62 Å². The van der Waals surface area contributed by atoms with Crippen LogP contribution in [0.4, 0.5) is 0 Å². The summed E-state index contributed by atoms with van der Waals surface area (Å²) in [7, 11) is -3.07. The molecule has 172 valence electrons. The minimum Gasteiger partial charge on any atom is -0.356 e. The van der Waals surface area contributed by atoms with E-state index in [1.165, 1.54) is 70.5 Å². The predicted octanol–water partition coefficient (Wildman–Crippen LogP) is 5.11. The monoisotopic (exact) mass is 430 g/mol. The topological polar surface area (TPSA) is 66.5 Å². The van der Waals surface area contributed by atoms with E-state index in [-0.39, 0.29) is 5.91 Å². The van der Waals surface area contributed by atoms with Crippen molar-refractivity contribution in [3.8, 4) is 0 Å². The fourth-order valence-electron chi connectivity index (χ4n) is 4.31. The summed E-state index contributed by atoms with van der Waals surface area (Å²) in [6.45, 7) is 6.36. The van der Waals surface area contributed by atoms with Gasteiger partial charge in [-0.3, -0.25) is 4.79 Å². The van der Waals surface area contributed by atoms with Crippen LogP contribution in [-0.2, 0) is 14.8 Å². The van der Waals surface area contributed by atoms with Crippen LogP contribution in [0.1, 0.15) is 104 Å². The van der Waals surface area contributed by atoms with Crippen LogP contribution in [0.5, 0.6) is 0 Å². The molecule has 29 heavy (non-hydrogen) atoms. The third-order valence-electron chi connectivity index (χ3n) is 6.33.